The molecule has 0 saturated heterocycles. The number of ether oxygens (including phenoxy) is 2. The molecule has 1 saturated carbocycles. The summed E-state index contributed by atoms with van der Waals surface area (Å²) in [5, 5.41) is 0. The first kappa shape index (κ1) is 28.0. The van der Waals surface area contributed by atoms with Gasteiger partial charge in [-0.05, 0) is 38.0 Å². The van der Waals surface area contributed by atoms with E-state index in [0.717, 1.165) is 51.4 Å². The van der Waals surface area contributed by atoms with E-state index in [-0.39, 0.29) is 23.8 Å². The van der Waals surface area contributed by atoms with Crippen LogP contribution in [0.25, 0.3) is 0 Å². The molecule has 4 nitrogen and oxygen atoms in total. The highest BCUT2D eigenvalue weighted by Crippen LogP contribution is 2.32. The standard InChI is InChI=1S/C27H50O4/c1-4-5-6-7-8-9-10-11-12-13-16-21-30-26(28)24-19-14-15-20-25(24)27(29)31-22-17-18-23(2)3/h23-25H,4-22H2,1-3H3. The van der Waals surface area contributed by atoms with Crippen LogP contribution in [0.3, 0.4) is 0 Å². The Morgan fingerprint density at radius 2 is 1.10 bits per heavy atom. The Balaban J connectivity index is 2.12. The van der Waals surface area contributed by atoms with Gasteiger partial charge in [-0.2, -0.15) is 0 Å². The lowest BCUT2D eigenvalue weighted by atomic mass is 9.79. The lowest BCUT2D eigenvalue weighted by Crippen LogP contribution is -2.35. The van der Waals surface area contributed by atoms with E-state index < -0.39 is 0 Å². The van der Waals surface area contributed by atoms with Crippen molar-refractivity contribution in [2.75, 3.05) is 13.2 Å². The number of carbonyl (C=O) groups is 2. The van der Waals surface area contributed by atoms with E-state index in [1.165, 1.54) is 57.8 Å². The first-order chi connectivity index (χ1) is 15.1. The molecule has 2 atom stereocenters. The number of unbranched alkanes of at least 4 members (excludes halogenated alkanes) is 10. The van der Waals surface area contributed by atoms with Crippen LogP contribution < -0.4 is 0 Å². The molecule has 0 bridgehead atoms. The SMILES string of the molecule is CCCCCCCCCCCCCOC(=O)C1CCCCC1C(=O)OCCCC(C)C. The minimum Gasteiger partial charge on any atom is -0.465 e. The van der Waals surface area contributed by atoms with E-state index in [4.69, 9.17) is 9.47 Å². The first-order valence-corrected chi connectivity index (χ1v) is 13.4. The molecule has 1 fully saturated rings. The Hall–Kier alpha value is -1.06. The lowest BCUT2D eigenvalue weighted by Gasteiger charge is -2.28. The maximum atomic E-state index is 12.6. The van der Waals surface area contributed by atoms with Crippen molar-refractivity contribution in [1.82, 2.24) is 0 Å². The average Bonchev–Trinajstić information content (AvgIpc) is 2.77. The summed E-state index contributed by atoms with van der Waals surface area (Å²) in [6.45, 7) is 7.56. The van der Waals surface area contributed by atoms with Crippen LogP contribution in [0.1, 0.15) is 130 Å². The number of hydrogen-bond acceptors (Lipinski definition) is 4. The van der Waals surface area contributed by atoms with Crippen LogP contribution >= 0.6 is 0 Å². The van der Waals surface area contributed by atoms with E-state index in [2.05, 4.69) is 20.8 Å². The first-order valence-electron chi connectivity index (χ1n) is 13.4. The van der Waals surface area contributed by atoms with Crippen molar-refractivity contribution in [3.63, 3.8) is 0 Å². The predicted octanol–water partition coefficient (Wildman–Crippen LogP) is 7.63. The monoisotopic (exact) mass is 438 g/mol. The van der Waals surface area contributed by atoms with Gasteiger partial charge in [0.2, 0.25) is 0 Å². The molecule has 0 heterocycles. The van der Waals surface area contributed by atoms with E-state index in [9.17, 15) is 9.59 Å². The zero-order valence-corrected chi connectivity index (χ0v) is 20.8. The van der Waals surface area contributed by atoms with Crippen molar-refractivity contribution in [3.8, 4) is 0 Å². The molecule has 0 spiro atoms. The fourth-order valence-corrected chi connectivity index (χ4v) is 4.51. The van der Waals surface area contributed by atoms with E-state index in [0.29, 0.717) is 19.1 Å². The highest BCUT2D eigenvalue weighted by molar-refractivity contribution is 5.82. The Labute approximate surface area is 192 Å². The van der Waals surface area contributed by atoms with Gasteiger partial charge < -0.3 is 9.47 Å². The molecule has 4 heteroatoms. The molecule has 1 aliphatic carbocycles. The van der Waals surface area contributed by atoms with Gasteiger partial charge in [0, 0.05) is 0 Å². The maximum Gasteiger partial charge on any atom is 0.309 e. The van der Waals surface area contributed by atoms with Crippen LogP contribution in [-0.4, -0.2) is 25.2 Å². The van der Waals surface area contributed by atoms with Crippen molar-refractivity contribution in [2.24, 2.45) is 17.8 Å². The summed E-state index contributed by atoms with van der Waals surface area (Å²) in [5.74, 6) is -0.376. The Morgan fingerprint density at radius 3 is 1.55 bits per heavy atom. The zero-order valence-electron chi connectivity index (χ0n) is 20.8. The Bertz CT molecular complexity index is 460. The van der Waals surface area contributed by atoms with E-state index >= 15 is 0 Å². The molecule has 0 aliphatic heterocycles. The molecule has 0 radical (unpaired) electrons. The number of rotatable bonds is 18. The van der Waals surface area contributed by atoms with Crippen molar-refractivity contribution in [3.05, 3.63) is 0 Å². The molecule has 2 unspecified atom stereocenters. The summed E-state index contributed by atoms with van der Waals surface area (Å²) in [4.78, 5) is 25.1. The normalized spacial score (nSPS) is 18.8. The average molecular weight is 439 g/mol. The third-order valence-corrected chi connectivity index (χ3v) is 6.53. The minimum atomic E-state index is -0.308. The van der Waals surface area contributed by atoms with Crippen molar-refractivity contribution in [1.29, 1.82) is 0 Å². The summed E-state index contributed by atoms with van der Waals surface area (Å²) in [7, 11) is 0. The molecule has 0 amide bonds. The van der Waals surface area contributed by atoms with Crippen molar-refractivity contribution < 1.29 is 19.1 Å². The van der Waals surface area contributed by atoms with Crippen LogP contribution in [-0.2, 0) is 19.1 Å². The van der Waals surface area contributed by atoms with Gasteiger partial charge in [0.15, 0.2) is 0 Å². The highest BCUT2D eigenvalue weighted by atomic mass is 16.5. The van der Waals surface area contributed by atoms with Gasteiger partial charge in [0.05, 0.1) is 25.0 Å². The van der Waals surface area contributed by atoms with Gasteiger partial charge in [-0.15, -0.1) is 0 Å². The number of carbonyl (C=O) groups excluding carboxylic acids is 2. The van der Waals surface area contributed by atoms with Gasteiger partial charge in [-0.25, -0.2) is 0 Å². The molecule has 0 aromatic carbocycles. The fourth-order valence-electron chi connectivity index (χ4n) is 4.51. The lowest BCUT2D eigenvalue weighted by molar-refractivity contribution is -0.163. The molecule has 182 valence electrons. The van der Waals surface area contributed by atoms with E-state index in [1.807, 2.05) is 0 Å². The van der Waals surface area contributed by atoms with Crippen LogP contribution in [0.2, 0.25) is 0 Å². The highest BCUT2D eigenvalue weighted by Gasteiger charge is 2.37. The summed E-state index contributed by atoms with van der Waals surface area (Å²) in [6.07, 6.45) is 19.5. The number of hydrogen-bond donors (Lipinski definition) is 0. The largest absolute Gasteiger partial charge is 0.465 e. The molecule has 0 N–H and O–H groups in total. The summed E-state index contributed by atoms with van der Waals surface area (Å²) < 4.78 is 11.0. The zero-order chi connectivity index (χ0) is 22.7. The molecular formula is C27H50O4. The van der Waals surface area contributed by atoms with Crippen molar-refractivity contribution >= 4 is 11.9 Å². The van der Waals surface area contributed by atoms with Crippen LogP contribution in [0.5, 0.6) is 0 Å². The van der Waals surface area contributed by atoms with E-state index in [1.54, 1.807) is 0 Å². The molecule has 0 aromatic heterocycles. The minimum absolute atomic E-state index is 0.184. The maximum absolute atomic E-state index is 12.6. The van der Waals surface area contributed by atoms with Crippen LogP contribution in [0.4, 0.5) is 0 Å². The third kappa shape index (κ3) is 13.9. The summed E-state index contributed by atoms with van der Waals surface area (Å²) in [6, 6.07) is 0. The summed E-state index contributed by atoms with van der Waals surface area (Å²) in [5.41, 5.74) is 0. The second-order valence-electron chi connectivity index (χ2n) is 9.90. The van der Waals surface area contributed by atoms with Gasteiger partial charge in [-0.1, -0.05) is 97.8 Å². The predicted molar refractivity (Wildman–Crippen MR) is 128 cm³/mol. The fraction of sp³-hybridized carbons (Fsp3) is 0.926. The smallest absolute Gasteiger partial charge is 0.309 e. The second kappa shape index (κ2) is 18.5. The molecule has 1 rings (SSSR count). The Kier molecular flexibility index (Phi) is 16.7. The molecular weight excluding hydrogens is 388 g/mol. The van der Waals surface area contributed by atoms with Crippen LogP contribution in [0, 0.1) is 17.8 Å². The van der Waals surface area contributed by atoms with Gasteiger partial charge in [0.25, 0.3) is 0 Å². The second-order valence-corrected chi connectivity index (χ2v) is 9.90. The van der Waals surface area contributed by atoms with Gasteiger partial charge in [-0.3, -0.25) is 9.59 Å². The quantitative estimate of drug-likeness (QED) is 0.163. The molecule has 31 heavy (non-hydrogen) atoms. The van der Waals surface area contributed by atoms with Crippen molar-refractivity contribution in [2.45, 2.75) is 130 Å². The van der Waals surface area contributed by atoms with Crippen LogP contribution in [0.15, 0.2) is 0 Å². The van der Waals surface area contributed by atoms with Gasteiger partial charge in [0.1, 0.15) is 0 Å². The topological polar surface area (TPSA) is 52.6 Å². The van der Waals surface area contributed by atoms with Gasteiger partial charge >= 0.3 is 11.9 Å². The third-order valence-electron chi connectivity index (χ3n) is 6.53. The molecule has 0 aromatic rings. The molecule has 1 aliphatic rings. The Morgan fingerprint density at radius 1 is 0.677 bits per heavy atom. The summed E-state index contributed by atoms with van der Waals surface area (Å²) >= 11 is 0. The number of esters is 2.